The molecule has 3 rings (SSSR count). The lowest BCUT2D eigenvalue weighted by Crippen LogP contribution is -2.37. The predicted octanol–water partition coefficient (Wildman–Crippen LogP) is 2.10. The molecule has 6 nitrogen and oxygen atoms in total. The van der Waals surface area contributed by atoms with Crippen molar-refractivity contribution in [3.63, 3.8) is 0 Å². The molecule has 1 fully saturated rings. The lowest BCUT2D eigenvalue weighted by Gasteiger charge is -2.29. The molecule has 1 aliphatic carbocycles. The first-order valence-corrected chi connectivity index (χ1v) is 6.95. The zero-order valence-electron chi connectivity index (χ0n) is 11.1. The van der Waals surface area contributed by atoms with Gasteiger partial charge in [-0.05, 0) is 19.4 Å². The molecule has 2 unspecified atom stereocenters. The minimum absolute atomic E-state index is 0.324. The van der Waals surface area contributed by atoms with Crippen molar-refractivity contribution in [3.05, 3.63) is 18.3 Å². The van der Waals surface area contributed by atoms with E-state index in [0.29, 0.717) is 23.6 Å². The van der Waals surface area contributed by atoms with Gasteiger partial charge >= 0.3 is 0 Å². The highest BCUT2D eigenvalue weighted by molar-refractivity contribution is 5.40. The van der Waals surface area contributed by atoms with Gasteiger partial charge in [-0.1, -0.05) is 24.9 Å². The van der Waals surface area contributed by atoms with E-state index in [4.69, 9.17) is 4.52 Å². The Kier molecular flexibility index (Phi) is 3.59. The fraction of sp³-hybridized carbons (Fsp3) is 0.615. The van der Waals surface area contributed by atoms with E-state index in [2.05, 4.69) is 32.3 Å². The summed E-state index contributed by atoms with van der Waals surface area (Å²) < 4.78 is 5.44. The quantitative estimate of drug-likeness (QED) is 0.881. The van der Waals surface area contributed by atoms with Gasteiger partial charge in [0.1, 0.15) is 0 Å². The Morgan fingerprint density at radius 1 is 1.42 bits per heavy atom. The fourth-order valence-corrected chi connectivity index (χ4v) is 2.80. The number of aromatic nitrogens is 4. The molecule has 19 heavy (non-hydrogen) atoms. The van der Waals surface area contributed by atoms with Crippen molar-refractivity contribution in [2.24, 2.45) is 0 Å². The third-order valence-corrected chi connectivity index (χ3v) is 3.70. The van der Waals surface area contributed by atoms with Crippen molar-refractivity contribution in [1.82, 2.24) is 25.4 Å². The SMILES string of the molecule is CCNC1CCCCC1c1nc(-c2ncc[nH]2)no1. The first-order chi connectivity index (χ1) is 9.38. The summed E-state index contributed by atoms with van der Waals surface area (Å²) >= 11 is 0. The summed E-state index contributed by atoms with van der Waals surface area (Å²) in [5.74, 6) is 2.26. The average molecular weight is 261 g/mol. The van der Waals surface area contributed by atoms with Gasteiger partial charge in [-0.2, -0.15) is 4.98 Å². The second-order valence-corrected chi connectivity index (χ2v) is 4.95. The predicted molar refractivity (Wildman–Crippen MR) is 70.6 cm³/mol. The molecule has 2 heterocycles. The van der Waals surface area contributed by atoms with Crippen LogP contribution in [0.15, 0.2) is 16.9 Å². The van der Waals surface area contributed by atoms with E-state index in [0.717, 1.165) is 18.9 Å². The maximum Gasteiger partial charge on any atom is 0.238 e. The van der Waals surface area contributed by atoms with E-state index in [1.807, 2.05) is 0 Å². The Morgan fingerprint density at radius 2 is 2.32 bits per heavy atom. The van der Waals surface area contributed by atoms with E-state index in [-0.39, 0.29) is 0 Å². The number of nitrogens with one attached hydrogen (secondary N) is 2. The van der Waals surface area contributed by atoms with E-state index in [9.17, 15) is 0 Å². The van der Waals surface area contributed by atoms with Crippen LogP contribution in [0.3, 0.4) is 0 Å². The van der Waals surface area contributed by atoms with Crippen LogP contribution in [0.4, 0.5) is 0 Å². The maximum absolute atomic E-state index is 5.44. The highest BCUT2D eigenvalue weighted by Crippen LogP contribution is 2.32. The monoisotopic (exact) mass is 261 g/mol. The number of H-pyrrole nitrogens is 1. The Hall–Kier alpha value is -1.69. The van der Waals surface area contributed by atoms with Crippen molar-refractivity contribution < 1.29 is 4.52 Å². The largest absolute Gasteiger partial charge is 0.342 e. The number of nitrogens with zero attached hydrogens (tertiary/aromatic N) is 3. The molecule has 0 aromatic carbocycles. The van der Waals surface area contributed by atoms with Crippen LogP contribution in [-0.4, -0.2) is 32.7 Å². The lowest BCUT2D eigenvalue weighted by atomic mass is 9.84. The Bertz CT molecular complexity index is 505. The van der Waals surface area contributed by atoms with Gasteiger partial charge in [-0.3, -0.25) is 0 Å². The first-order valence-electron chi connectivity index (χ1n) is 6.95. The van der Waals surface area contributed by atoms with Gasteiger partial charge in [-0.15, -0.1) is 0 Å². The van der Waals surface area contributed by atoms with Crippen molar-refractivity contribution >= 4 is 0 Å². The third kappa shape index (κ3) is 2.53. The van der Waals surface area contributed by atoms with Gasteiger partial charge in [0.25, 0.3) is 0 Å². The summed E-state index contributed by atoms with van der Waals surface area (Å²) in [5, 5.41) is 7.55. The molecule has 1 saturated carbocycles. The molecular formula is C13H19N5O. The number of likely N-dealkylation sites (N-methyl/N-ethyl adjacent to an activating group) is 1. The molecule has 2 N–H and O–H groups in total. The minimum Gasteiger partial charge on any atom is -0.342 e. The molecule has 1 aliphatic rings. The van der Waals surface area contributed by atoms with Crippen LogP contribution in [0.25, 0.3) is 11.6 Å². The van der Waals surface area contributed by atoms with E-state index in [1.54, 1.807) is 12.4 Å². The third-order valence-electron chi connectivity index (χ3n) is 3.70. The zero-order valence-corrected chi connectivity index (χ0v) is 11.1. The fourth-order valence-electron chi connectivity index (χ4n) is 2.80. The Labute approximate surface area is 112 Å². The number of rotatable bonds is 4. The molecule has 2 aromatic heterocycles. The van der Waals surface area contributed by atoms with E-state index < -0.39 is 0 Å². The normalized spacial score (nSPS) is 23.6. The molecule has 0 amide bonds. The smallest absolute Gasteiger partial charge is 0.238 e. The van der Waals surface area contributed by atoms with Crippen LogP contribution in [0, 0.1) is 0 Å². The Balaban J connectivity index is 1.80. The highest BCUT2D eigenvalue weighted by Gasteiger charge is 2.30. The van der Waals surface area contributed by atoms with Gasteiger partial charge in [0.05, 0.1) is 5.92 Å². The standard InChI is InChI=1S/C13H19N5O/c1-2-14-10-6-4-3-5-9(10)13-17-12(18-19-13)11-15-7-8-16-11/h7-10,14H,2-6H2,1H3,(H,15,16). The van der Waals surface area contributed by atoms with Crippen LogP contribution in [-0.2, 0) is 0 Å². The van der Waals surface area contributed by atoms with Crippen LogP contribution in [0.5, 0.6) is 0 Å². The summed E-state index contributed by atoms with van der Waals surface area (Å²) in [6.45, 7) is 3.11. The summed E-state index contributed by atoms with van der Waals surface area (Å²) in [4.78, 5) is 11.6. The molecule has 102 valence electrons. The van der Waals surface area contributed by atoms with Crippen LogP contribution in [0.2, 0.25) is 0 Å². The summed E-state index contributed by atoms with van der Waals surface area (Å²) in [5.41, 5.74) is 0. The van der Waals surface area contributed by atoms with Gasteiger partial charge < -0.3 is 14.8 Å². The molecule has 2 atom stereocenters. The van der Waals surface area contributed by atoms with Gasteiger partial charge in [0.15, 0.2) is 5.82 Å². The first kappa shape index (κ1) is 12.3. The molecule has 0 bridgehead atoms. The van der Waals surface area contributed by atoms with Gasteiger partial charge in [0, 0.05) is 18.4 Å². The molecule has 0 saturated heterocycles. The summed E-state index contributed by atoms with van der Waals surface area (Å²) in [7, 11) is 0. The lowest BCUT2D eigenvalue weighted by molar-refractivity contribution is 0.265. The highest BCUT2D eigenvalue weighted by atomic mass is 16.5. The number of hydrogen-bond donors (Lipinski definition) is 2. The Morgan fingerprint density at radius 3 is 3.11 bits per heavy atom. The minimum atomic E-state index is 0.324. The van der Waals surface area contributed by atoms with Crippen molar-refractivity contribution in [3.8, 4) is 11.6 Å². The molecule has 2 aromatic rings. The summed E-state index contributed by atoms with van der Waals surface area (Å²) in [6, 6.07) is 0.448. The summed E-state index contributed by atoms with van der Waals surface area (Å²) in [6.07, 6.45) is 8.23. The molecule has 6 heteroatoms. The van der Waals surface area contributed by atoms with E-state index in [1.165, 1.54) is 19.3 Å². The van der Waals surface area contributed by atoms with E-state index >= 15 is 0 Å². The van der Waals surface area contributed by atoms with Crippen LogP contribution < -0.4 is 5.32 Å². The average Bonchev–Trinajstić information content (AvgIpc) is 3.11. The second kappa shape index (κ2) is 5.52. The topological polar surface area (TPSA) is 79.6 Å². The zero-order chi connectivity index (χ0) is 13.1. The van der Waals surface area contributed by atoms with Gasteiger partial charge in [0.2, 0.25) is 11.7 Å². The molecule has 0 spiro atoms. The van der Waals surface area contributed by atoms with Gasteiger partial charge in [-0.25, -0.2) is 4.98 Å². The number of aromatic amines is 1. The van der Waals surface area contributed by atoms with Crippen LogP contribution >= 0.6 is 0 Å². The van der Waals surface area contributed by atoms with Crippen molar-refractivity contribution in [2.45, 2.75) is 44.6 Å². The molecule has 0 radical (unpaired) electrons. The molecular weight excluding hydrogens is 242 g/mol. The molecule has 0 aliphatic heterocycles. The van der Waals surface area contributed by atoms with Crippen molar-refractivity contribution in [2.75, 3.05) is 6.54 Å². The van der Waals surface area contributed by atoms with Crippen LogP contribution in [0.1, 0.15) is 44.4 Å². The number of hydrogen-bond acceptors (Lipinski definition) is 5. The number of imidazole rings is 1. The second-order valence-electron chi connectivity index (χ2n) is 4.95. The maximum atomic E-state index is 5.44. The van der Waals surface area contributed by atoms with Crippen molar-refractivity contribution in [1.29, 1.82) is 0 Å².